The average molecular weight is 295 g/mol. The van der Waals surface area contributed by atoms with Gasteiger partial charge in [-0.2, -0.15) is 26.3 Å². The van der Waals surface area contributed by atoms with Crippen molar-refractivity contribution in [2.45, 2.75) is 12.4 Å². The van der Waals surface area contributed by atoms with E-state index in [4.69, 9.17) is 5.26 Å². The van der Waals surface area contributed by atoms with Gasteiger partial charge >= 0.3 is 37.9 Å². The van der Waals surface area contributed by atoms with E-state index in [2.05, 4.69) is 0 Å². The first kappa shape index (κ1) is 18.8. The largest absolute Gasteiger partial charge is 1.00 e. The molecule has 0 aromatic heterocycles. The third-order valence-corrected chi connectivity index (χ3v) is 2.19. The molecule has 0 heterocycles. The van der Waals surface area contributed by atoms with Gasteiger partial charge in [0, 0.05) is 0 Å². The molecule has 1 nitrogen and oxygen atoms in total. The Morgan fingerprint density at radius 3 is 1.45 bits per heavy atom. The second-order valence-electron chi connectivity index (χ2n) is 3.63. The quantitative estimate of drug-likeness (QED) is 0.543. The van der Waals surface area contributed by atoms with Crippen molar-refractivity contribution >= 4 is 12.2 Å². The number of nitriles is 1. The van der Waals surface area contributed by atoms with Crippen molar-refractivity contribution in [2.75, 3.05) is 0 Å². The van der Waals surface area contributed by atoms with Gasteiger partial charge in [0.15, 0.2) is 0 Å². The Morgan fingerprint density at radius 1 is 0.850 bits per heavy atom. The average Bonchev–Trinajstić information content (AvgIpc) is 2.26. The number of halogens is 8. The van der Waals surface area contributed by atoms with Crippen molar-refractivity contribution < 1.29 is 53.8 Å². The van der Waals surface area contributed by atoms with Crippen LogP contribution in [-0.2, 0) is 12.4 Å². The molecule has 0 spiro atoms. The van der Waals surface area contributed by atoms with Crippen LogP contribution in [0.3, 0.4) is 0 Å². The second kappa shape index (κ2) is 5.66. The zero-order chi connectivity index (χ0) is 15.1. The molecule has 0 radical (unpaired) electrons. The summed E-state index contributed by atoms with van der Waals surface area (Å²) >= 11 is 0. The molecule has 1 aromatic rings. The van der Waals surface area contributed by atoms with Gasteiger partial charge < -0.3 is 8.63 Å². The minimum atomic E-state index is -5.22. The first-order valence-electron chi connectivity index (χ1n) is 4.60. The molecular weight excluding hydrogens is 292 g/mol. The predicted molar refractivity (Wildman–Crippen MR) is 49.7 cm³/mol. The first-order chi connectivity index (χ1) is 8.38. The van der Waals surface area contributed by atoms with Gasteiger partial charge in [0.25, 0.3) is 0 Å². The van der Waals surface area contributed by atoms with Crippen LogP contribution in [0.15, 0.2) is 18.2 Å². The zero-order valence-electron chi connectivity index (χ0n) is 9.78. The van der Waals surface area contributed by atoms with Gasteiger partial charge in [-0.25, -0.2) is 5.26 Å². The normalized spacial score (nSPS) is 12.6. The van der Waals surface area contributed by atoms with Gasteiger partial charge in [-0.1, -0.05) is 18.1 Å². The summed E-state index contributed by atoms with van der Waals surface area (Å²) in [7, 11) is 0. The number of benzene rings is 1. The van der Waals surface area contributed by atoms with Crippen LogP contribution in [0.25, 0.3) is 0 Å². The van der Waals surface area contributed by atoms with E-state index in [1.54, 1.807) is 0 Å². The molecule has 0 atom stereocenters. The molecule has 104 valence electrons. The van der Waals surface area contributed by atoms with E-state index in [1.807, 2.05) is 0 Å². The Hall–Kier alpha value is -1.19. The van der Waals surface area contributed by atoms with Crippen molar-refractivity contribution in [1.29, 1.82) is 5.26 Å². The van der Waals surface area contributed by atoms with E-state index >= 15 is 0 Å². The molecule has 0 aliphatic heterocycles. The molecule has 1 rings (SSSR count). The van der Waals surface area contributed by atoms with Gasteiger partial charge in [-0.3, -0.25) is 0 Å². The van der Waals surface area contributed by atoms with E-state index in [0.717, 1.165) is 0 Å². The van der Waals surface area contributed by atoms with E-state index in [0.29, 0.717) is 5.97 Å². The number of hydrogen-bond donors (Lipinski definition) is 0. The monoisotopic (exact) mass is 295 g/mol. The van der Waals surface area contributed by atoms with Crippen molar-refractivity contribution in [1.82, 2.24) is 0 Å². The van der Waals surface area contributed by atoms with Crippen molar-refractivity contribution in [3.8, 4) is 5.97 Å². The minimum absolute atomic E-state index is 0. The third-order valence-electron chi connectivity index (χ3n) is 2.19. The first-order valence-corrected chi connectivity index (χ1v) is 4.60. The van der Waals surface area contributed by atoms with Crippen molar-refractivity contribution in [3.05, 3.63) is 29.3 Å². The van der Waals surface area contributed by atoms with Crippen molar-refractivity contribution in [2.24, 2.45) is 0 Å². The molecule has 0 aliphatic carbocycles. The zero-order valence-corrected chi connectivity index (χ0v) is 9.78. The van der Waals surface area contributed by atoms with Crippen LogP contribution in [-0.4, -0.2) is 6.70 Å². The Labute approximate surface area is 119 Å². The molecule has 1 aromatic carbocycles. The maximum absolute atomic E-state index is 13.0. The standard InChI is InChI=1S/C9H3BF8N.Li/c11-8(12,13)5-1-6(9(14,15)16)3-7(2-5)10(17,18)4-19;/h1-3H;/q-1;+1. The van der Waals surface area contributed by atoms with Crippen LogP contribution in [0, 0.1) is 11.2 Å². The Balaban J connectivity index is 0.00000361. The molecule has 0 fully saturated rings. The van der Waals surface area contributed by atoms with E-state index in [9.17, 15) is 35.0 Å². The van der Waals surface area contributed by atoms with Crippen LogP contribution in [0.2, 0.25) is 0 Å². The van der Waals surface area contributed by atoms with E-state index in [1.165, 1.54) is 0 Å². The number of nitrogens with zero attached hydrogens (tertiary/aromatic N) is 1. The molecule has 0 unspecified atom stereocenters. The number of hydrogen-bond acceptors (Lipinski definition) is 1. The molecule has 0 amide bonds. The third kappa shape index (κ3) is 4.15. The summed E-state index contributed by atoms with van der Waals surface area (Å²) in [5, 5.41) is 8.10. The summed E-state index contributed by atoms with van der Waals surface area (Å²) in [5.74, 6) is 0.409. The summed E-state index contributed by atoms with van der Waals surface area (Å²) in [6.07, 6.45) is -10.4. The SMILES string of the molecule is N#C[B-](F)(F)c1cc(C(F)(F)F)cc(C(F)(F)F)c1.[Li+]. The Bertz CT molecular complexity index is 498. The molecule has 11 heteroatoms. The van der Waals surface area contributed by atoms with Crippen LogP contribution < -0.4 is 24.3 Å². The molecule has 0 bridgehead atoms. The van der Waals surface area contributed by atoms with Crippen LogP contribution >= 0.6 is 0 Å². The molecule has 0 saturated heterocycles. The molecule has 0 saturated carbocycles. The van der Waals surface area contributed by atoms with Gasteiger partial charge in [0.05, 0.1) is 11.1 Å². The molecule has 0 aliphatic rings. The van der Waals surface area contributed by atoms with Crippen molar-refractivity contribution in [3.63, 3.8) is 0 Å². The smallest absolute Gasteiger partial charge is 0.461 e. The fourth-order valence-corrected chi connectivity index (χ4v) is 1.26. The Kier molecular flexibility index (Phi) is 5.33. The number of rotatable bonds is 1. The topological polar surface area (TPSA) is 23.8 Å². The van der Waals surface area contributed by atoms with Gasteiger partial charge in [0.2, 0.25) is 0 Å². The van der Waals surface area contributed by atoms with Crippen LogP contribution in [0.1, 0.15) is 11.1 Å². The van der Waals surface area contributed by atoms with Gasteiger partial charge in [0.1, 0.15) is 0 Å². The summed E-state index contributed by atoms with van der Waals surface area (Å²) in [4.78, 5) is 0. The summed E-state index contributed by atoms with van der Waals surface area (Å²) in [5.41, 5.74) is -5.35. The summed E-state index contributed by atoms with van der Waals surface area (Å²) < 4.78 is 100. The van der Waals surface area contributed by atoms with Gasteiger partial charge in [-0.05, 0) is 6.07 Å². The summed E-state index contributed by atoms with van der Waals surface area (Å²) in [6.45, 7) is -5.13. The number of alkyl halides is 6. The van der Waals surface area contributed by atoms with Crippen LogP contribution in [0.4, 0.5) is 35.0 Å². The second-order valence-corrected chi connectivity index (χ2v) is 3.63. The summed E-state index contributed by atoms with van der Waals surface area (Å²) in [6, 6.07) is -0.593. The molecule has 0 N–H and O–H groups in total. The van der Waals surface area contributed by atoms with Crippen LogP contribution in [0.5, 0.6) is 0 Å². The van der Waals surface area contributed by atoms with E-state index in [-0.39, 0.29) is 37.1 Å². The molecule has 20 heavy (non-hydrogen) atoms. The fraction of sp³-hybridized carbons (Fsp3) is 0.222. The predicted octanol–water partition coefficient (Wildman–Crippen LogP) is 0.379. The maximum atomic E-state index is 13.0. The fourth-order valence-electron chi connectivity index (χ4n) is 1.26. The van der Waals surface area contributed by atoms with Gasteiger partial charge in [-0.15, -0.1) is 5.46 Å². The minimum Gasteiger partial charge on any atom is -0.461 e. The molecular formula is C9H3BF8LiN. The maximum Gasteiger partial charge on any atom is 1.00 e. The Morgan fingerprint density at radius 2 is 1.20 bits per heavy atom. The van der Waals surface area contributed by atoms with E-state index < -0.39 is 35.6 Å².